The number of benzene rings is 3. The molecule has 3 aromatic carbocycles. The number of nitrogens with one attached hydrogen (secondary N) is 2. The van der Waals surface area contributed by atoms with Crippen molar-refractivity contribution in [3.8, 4) is 11.5 Å². The van der Waals surface area contributed by atoms with Crippen molar-refractivity contribution in [2.24, 2.45) is 0 Å². The molecule has 33 heavy (non-hydrogen) atoms. The van der Waals surface area contributed by atoms with Crippen LogP contribution in [0.15, 0.2) is 82.6 Å². The van der Waals surface area contributed by atoms with E-state index in [1.54, 1.807) is 6.07 Å². The van der Waals surface area contributed by atoms with Gasteiger partial charge in [-0.1, -0.05) is 79.2 Å². The molecule has 0 saturated heterocycles. The van der Waals surface area contributed by atoms with E-state index in [0.717, 1.165) is 54.4 Å². The molecule has 0 aliphatic carbocycles. The molecule has 0 amide bonds. The monoisotopic (exact) mass is 464 g/mol. The smallest absolute Gasteiger partial charge is 0.171 e. The van der Waals surface area contributed by atoms with Gasteiger partial charge in [0.05, 0.1) is 4.90 Å². The van der Waals surface area contributed by atoms with E-state index in [1.165, 1.54) is 43.0 Å². The van der Waals surface area contributed by atoms with Gasteiger partial charge in [-0.2, -0.15) is 0 Å². The van der Waals surface area contributed by atoms with E-state index < -0.39 is 0 Å². The Morgan fingerprint density at radius 2 is 1.21 bits per heavy atom. The number of aromatic hydroxyl groups is 2. The van der Waals surface area contributed by atoms with Crippen LogP contribution in [0.2, 0.25) is 0 Å². The molecule has 0 aliphatic heterocycles. The van der Waals surface area contributed by atoms with Crippen molar-refractivity contribution >= 4 is 11.8 Å². The van der Waals surface area contributed by atoms with Crippen LogP contribution in [0.25, 0.3) is 0 Å². The Balaban J connectivity index is 1.26. The van der Waals surface area contributed by atoms with Crippen molar-refractivity contribution in [2.75, 3.05) is 26.2 Å². The fraction of sp³-hybridized carbons (Fsp3) is 0.357. The molecule has 0 saturated carbocycles. The maximum absolute atomic E-state index is 10.4. The van der Waals surface area contributed by atoms with Crippen LogP contribution in [0.5, 0.6) is 11.5 Å². The Bertz CT molecular complexity index is 935. The highest BCUT2D eigenvalue weighted by molar-refractivity contribution is 7.99. The molecule has 0 aromatic heterocycles. The van der Waals surface area contributed by atoms with E-state index in [4.69, 9.17) is 0 Å². The Morgan fingerprint density at radius 3 is 1.88 bits per heavy atom. The van der Waals surface area contributed by atoms with E-state index in [-0.39, 0.29) is 11.5 Å². The lowest BCUT2D eigenvalue weighted by molar-refractivity contribution is 0.393. The largest absolute Gasteiger partial charge is 0.504 e. The van der Waals surface area contributed by atoms with E-state index in [2.05, 4.69) is 41.0 Å². The molecule has 0 bridgehead atoms. The Kier molecular flexibility index (Phi) is 11.2. The normalized spacial score (nSPS) is 11.0. The van der Waals surface area contributed by atoms with Crippen LogP contribution in [0, 0.1) is 0 Å². The number of hydrogen-bond donors (Lipinski definition) is 4. The second-order valence-corrected chi connectivity index (χ2v) is 9.32. The first-order valence-corrected chi connectivity index (χ1v) is 12.8. The lowest BCUT2D eigenvalue weighted by Crippen LogP contribution is -2.19. The van der Waals surface area contributed by atoms with Crippen LogP contribution < -0.4 is 10.6 Å². The van der Waals surface area contributed by atoms with Crippen molar-refractivity contribution in [1.82, 2.24) is 10.6 Å². The fourth-order valence-electron chi connectivity index (χ4n) is 3.72. The molecule has 3 rings (SSSR count). The fourth-order valence-corrected chi connectivity index (χ4v) is 4.76. The summed E-state index contributed by atoms with van der Waals surface area (Å²) in [4.78, 5) is 1.78. The van der Waals surface area contributed by atoms with E-state index in [0.29, 0.717) is 0 Å². The summed E-state index contributed by atoms with van der Waals surface area (Å²) in [5, 5.41) is 27.4. The number of unbranched alkanes of at least 4 members (excludes halogenated alkanes) is 3. The molecule has 0 unspecified atom stereocenters. The third-order valence-electron chi connectivity index (χ3n) is 5.62. The third kappa shape index (κ3) is 9.12. The average molecular weight is 465 g/mol. The first-order chi connectivity index (χ1) is 16.2. The van der Waals surface area contributed by atoms with Gasteiger partial charge >= 0.3 is 0 Å². The molecule has 0 atom stereocenters. The van der Waals surface area contributed by atoms with Crippen LogP contribution >= 0.6 is 11.8 Å². The molecule has 3 aromatic rings. The topological polar surface area (TPSA) is 64.5 Å². The van der Waals surface area contributed by atoms with Gasteiger partial charge in [-0.25, -0.2) is 0 Å². The van der Waals surface area contributed by atoms with Crippen molar-refractivity contribution in [3.63, 3.8) is 0 Å². The van der Waals surface area contributed by atoms with Crippen LogP contribution in [0.1, 0.15) is 36.8 Å². The van der Waals surface area contributed by atoms with Crippen LogP contribution in [0.4, 0.5) is 0 Å². The number of rotatable bonds is 15. The minimum absolute atomic E-state index is 0.0290. The van der Waals surface area contributed by atoms with E-state index >= 15 is 0 Å². The second kappa shape index (κ2) is 14.6. The van der Waals surface area contributed by atoms with Crippen molar-refractivity contribution in [3.05, 3.63) is 83.9 Å². The molecule has 4 N–H and O–H groups in total. The summed E-state index contributed by atoms with van der Waals surface area (Å²) >= 11 is 1.49. The van der Waals surface area contributed by atoms with Crippen molar-refractivity contribution in [2.45, 2.75) is 48.3 Å². The van der Waals surface area contributed by atoms with Crippen molar-refractivity contribution < 1.29 is 10.2 Å². The summed E-state index contributed by atoms with van der Waals surface area (Å²) in [6.45, 7) is 4.00. The zero-order valence-corrected chi connectivity index (χ0v) is 20.1. The Morgan fingerprint density at radius 1 is 0.606 bits per heavy atom. The predicted octanol–water partition coefficient (Wildman–Crippen LogP) is 5.77. The molecule has 0 heterocycles. The average Bonchev–Trinajstić information content (AvgIpc) is 2.85. The number of phenolic OH excluding ortho intramolecular Hbond substituents is 2. The van der Waals surface area contributed by atoms with Gasteiger partial charge in [-0.05, 0) is 81.2 Å². The highest BCUT2D eigenvalue weighted by Gasteiger charge is 2.13. The molecule has 0 aliphatic rings. The zero-order valence-electron chi connectivity index (χ0n) is 19.3. The van der Waals surface area contributed by atoms with Crippen molar-refractivity contribution in [1.29, 1.82) is 0 Å². The quantitative estimate of drug-likeness (QED) is 0.170. The minimum atomic E-state index is -0.0697. The van der Waals surface area contributed by atoms with Gasteiger partial charge in [-0.3, -0.25) is 0 Å². The maximum Gasteiger partial charge on any atom is 0.171 e. The van der Waals surface area contributed by atoms with Gasteiger partial charge in [0, 0.05) is 4.90 Å². The number of phenols is 2. The summed E-state index contributed by atoms with van der Waals surface area (Å²) in [7, 11) is 0. The summed E-state index contributed by atoms with van der Waals surface area (Å²) in [6, 6.07) is 24.1. The maximum atomic E-state index is 10.4. The van der Waals surface area contributed by atoms with Crippen LogP contribution in [-0.4, -0.2) is 36.4 Å². The molecule has 4 nitrogen and oxygen atoms in total. The van der Waals surface area contributed by atoms with Gasteiger partial charge in [0.15, 0.2) is 11.5 Å². The molecule has 0 fully saturated rings. The van der Waals surface area contributed by atoms with Crippen LogP contribution in [0.3, 0.4) is 0 Å². The Labute approximate surface area is 202 Å². The summed E-state index contributed by atoms with van der Waals surface area (Å²) < 4.78 is 0. The van der Waals surface area contributed by atoms with Gasteiger partial charge < -0.3 is 20.8 Å². The standard InChI is InChI=1S/C28H36N2O2S/c31-26-16-15-24(28(27(26)32)33-25-13-7-4-8-14-25)18-22-30-20-10-2-1-9-19-29-21-17-23-11-5-3-6-12-23/h3-8,11-16,29-32H,1-2,9-10,17-22H2. The second-order valence-electron chi connectivity index (χ2n) is 8.24. The summed E-state index contributed by atoms with van der Waals surface area (Å²) in [5.41, 5.74) is 2.44. The lowest BCUT2D eigenvalue weighted by atomic mass is 10.1. The number of hydrogen-bond acceptors (Lipinski definition) is 5. The Hall–Kier alpha value is -2.47. The molecular weight excluding hydrogens is 428 g/mol. The summed E-state index contributed by atoms with van der Waals surface area (Å²) in [5.74, 6) is -0.0987. The SMILES string of the molecule is Oc1ccc(CCNCCCCCCNCCc2ccccc2)c(Sc2ccccc2)c1O. The van der Waals surface area contributed by atoms with E-state index in [1.807, 2.05) is 36.4 Å². The molecule has 0 radical (unpaired) electrons. The first-order valence-electron chi connectivity index (χ1n) is 12.0. The third-order valence-corrected chi connectivity index (χ3v) is 6.78. The minimum Gasteiger partial charge on any atom is -0.504 e. The molecule has 5 heteroatoms. The van der Waals surface area contributed by atoms with Gasteiger partial charge in [-0.15, -0.1) is 0 Å². The highest BCUT2D eigenvalue weighted by Crippen LogP contribution is 2.42. The van der Waals surface area contributed by atoms with Gasteiger partial charge in [0.25, 0.3) is 0 Å². The molecule has 0 spiro atoms. The summed E-state index contributed by atoms with van der Waals surface area (Å²) in [6.07, 6.45) is 6.80. The van der Waals surface area contributed by atoms with E-state index in [9.17, 15) is 10.2 Å². The predicted molar refractivity (Wildman–Crippen MR) is 138 cm³/mol. The van der Waals surface area contributed by atoms with Crippen LogP contribution in [-0.2, 0) is 12.8 Å². The molecular formula is C28H36N2O2S. The zero-order chi connectivity index (χ0) is 23.1. The highest BCUT2D eigenvalue weighted by atomic mass is 32.2. The van der Waals surface area contributed by atoms with Gasteiger partial charge in [0.1, 0.15) is 0 Å². The molecule has 176 valence electrons. The first kappa shape index (κ1) is 25.2. The lowest BCUT2D eigenvalue weighted by Gasteiger charge is -2.13. The van der Waals surface area contributed by atoms with Gasteiger partial charge in [0.2, 0.25) is 0 Å².